The topological polar surface area (TPSA) is 12.0 Å². The SMILES string of the molecule is CC(C)C(C)(C)CNc1ccccc1C(F)(F)F. The predicted octanol–water partition coefficient (Wildman–Crippen LogP) is 4.80. The minimum absolute atomic E-state index is 0.0568. The van der Waals surface area contributed by atoms with Crippen LogP contribution in [-0.4, -0.2) is 6.54 Å². The molecule has 0 aliphatic heterocycles. The number of rotatable bonds is 4. The van der Waals surface area contributed by atoms with Crippen LogP contribution in [0.4, 0.5) is 18.9 Å². The van der Waals surface area contributed by atoms with Crippen molar-refractivity contribution in [1.82, 2.24) is 0 Å². The third-order valence-electron chi connectivity index (χ3n) is 3.53. The molecule has 4 heteroatoms. The lowest BCUT2D eigenvalue weighted by molar-refractivity contribution is -0.137. The zero-order valence-electron chi connectivity index (χ0n) is 11.2. The Balaban J connectivity index is 2.86. The summed E-state index contributed by atoms with van der Waals surface area (Å²) in [6.45, 7) is 8.73. The minimum Gasteiger partial charge on any atom is -0.384 e. The number of nitrogens with one attached hydrogen (secondary N) is 1. The van der Waals surface area contributed by atoms with Gasteiger partial charge in [0.05, 0.1) is 5.56 Å². The Morgan fingerprint density at radius 1 is 1.11 bits per heavy atom. The fourth-order valence-electron chi connectivity index (χ4n) is 1.41. The Hall–Kier alpha value is -1.19. The molecule has 0 aliphatic rings. The largest absolute Gasteiger partial charge is 0.418 e. The van der Waals surface area contributed by atoms with E-state index in [4.69, 9.17) is 0 Å². The van der Waals surface area contributed by atoms with E-state index in [2.05, 4.69) is 19.2 Å². The van der Waals surface area contributed by atoms with Crippen molar-refractivity contribution < 1.29 is 13.2 Å². The molecule has 1 nitrogen and oxygen atoms in total. The van der Waals surface area contributed by atoms with Gasteiger partial charge in [-0.3, -0.25) is 0 Å². The van der Waals surface area contributed by atoms with Crippen LogP contribution in [0.2, 0.25) is 0 Å². The number of para-hydroxylation sites is 1. The third kappa shape index (κ3) is 3.65. The van der Waals surface area contributed by atoms with E-state index in [0.717, 1.165) is 6.07 Å². The molecule has 0 atom stereocenters. The van der Waals surface area contributed by atoms with Crippen molar-refractivity contribution in [1.29, 1.82) is 0 Å². The molecule has 0 saturated carbocycles. The van der Waals surface area contributed by atoms with Gasteiger partial charge in [-0.05, 0) is 23.5 Å². The van der Waals surface area contributed by atoms with Crippen LogP contribution in [0.1, 0.15) is 33.3 Å². The molecule has 1 rings (SSSR count). The number of hydrogen-bond donors (Lipinski definition) is 1. The van der Waals surface area contributed by atoms with Crippen molar-refractivity contribution in [3.05, 3.63) is 29.8 Å². The van der Waals surface area contributed by atoms with Gasteiger partial charge in [-0.25, -0.2) is 0 Å². The first-order chi connectivity index (χ1) is 8.14. The van der Waals surface area contributed by atoms with Crippen LogP contribution in [0.5, 0.6) is 0 Å². The molecule has 0 fully saturated rings. The number of alkyl halides is 3. The highest BCUT2D eigenvalue weighted by Crippen LogP contribution is 2.35. The molecule has 1 N–H and O–H groups in total. The van der Waals surface area contributed by atoms with Gasteiger partial charge in [0.1, 0.15) is 0 Å². The standard InChI is InChI=1S/C14H20F3N/c1-10(2)13(3,4)9-18-12-8-6-5-7-11(12)14(15,16)17/h5-8,10,18H,9H2,1-4H3. The summed E-state index contributed by atoms with van der Waals surface area (Å²) < 4.78 is 38.4. The van der Waals surface area contributed by atoms with E-state index in [1.165, 1.54) is 12.1 Å². The average molecular weight is 259 g/mol. The smallest absolute Gasteiger partial charge is 0.384 e. The van der Waals surface area contributed by atoms with E-state index in [-0.39, 0.29) is 11.1 Å². The Morgan fingerprint density at radius 3 is 2.17 bits per heavy atom. The van der Waals surface area contributed by atoms with Gasteiger partial charge < -0.3 is 5.32 Å². The molecule has 18 heavy (non-hydrogen) atoms. The van der Waals surface area contributed by atoms with Crippen LogP contribution in [0.25, 0.3) is 0 Å². The van der Waals surface area contributed by atoms with Crippen molar-refractivity contribution in [2.75, 3.05) is 11.9 Å². The summed E-state index contributed by atoms with van der Waals surface area (Å²) in [7, 11) is 0. The summed E-state index contributed by atoms with van der Waals surface area (Å²) in [5, 5.41) is 2.92. The Kier molecular flexibility index (Phi) is 4.30. The van der Waals surface area contributed by atoms with Crippen LogP contribution in [-0.2, 0) is 6.18 Å². The minimum atomic E-state index is -4.31. The van der Waals surface area contributed by atoms with Gasteiger partial charge in [-0.15, -0.1) is 0 Å². The Labute approximate surface area is 106 Å². The maximum atomic E-state index is 12.8. The molecule has 0 aromatic heterocycles. The van der Waals surface area contributed by atoms with Gasteiger partial charge in [0.15, 0.2) is 0 Å². The lowest BCUT2D eigenvalue weighted by Crippen LogP contribution is -2.29. The number of anilines is 1. The van der Waals surface area contributed by atoms with Crippen LogP contribution in [0, 0.1) is 11.3 Å². The molecule has 1 aromatic rings. The van der Waals surface area contributed by atoms with Crippen LogP contribution in [0.15, 0.2) is 24.3 Å². The molecule has 0 aliphatic carbocycles. The molecular weight excluding hydrogens is 239 g/mol. The van der Waals surface area contributed by atoms with Gasteiger partial charge in [-0.1, -0.05) is 39.8 Å². The highest BCUT2D eigenvalue weighted by molar-refractivity contribution is 5.52. The van der Waals surface area contributed by atoms with Crippen molar-refractivity contribution in [3.63, 3.8) is 0 Å². The molecule has 0 bridgehead atoms. The summed E-state index contributed by atoms with van der Waals surface area (Å²) in [6, 6.07) is 5.59. The van der Waals surface area contributed by atoms with E-state index in [0.29, 0.717) is 12.5 Å². The molecule has 1 aromatic carbocycles. The summed E-state index contributed by atoms with van der Waals surface area (Å²) >= 11 is 0. The van der Waals surface area contributed by atoms with Gasteiger partial charge in [0, 0.05) is 12.2 Å². The maximum Gasteiger partial charge on any atom is 0.418 e. The van der Waals surface area contributed by atoms with E-state index in [9.17, 15) is 13.2 Å². The van der Waals surface area contributed by atoms with Crippen molar-refractivity contribution in [2.24, 2.45) is 11.3 Å². The van der Waals surface area contributed by atoms with Crippen LogP contribution < -0.4 is 5.32 Å². The summed E-state index contributed by atoms with van der Waals surface area (Å²) in [5.41, 5.74) is -0.512. The second-order valence-corrected chi connectivity index (χ2v) is 5.54. The second-order valence-electron chi connectivity index (χ2n) is 5.54. The number of benzene rings is 1. The first kappa shape index (κ1) is 14.9. The normalized spacial score (nSPS) is 12.9. The fraction of sp³-hybridized carbons (Fsp3) is 0.571. The zero-order chi connectivity index (χ0) is 14.0. The van der Waals surface area contributed by atoms with E-state index in [1.807, 2.05) is 13.8 Å². The van der Waals surface area contributed by atoms with Gasteiger partial charge in [-0.2, -0.15) is 13.2 Å². The van der Waals surface area contributed by atoms with E-state index in [1.54, 1.807) is 6.07 Å². The molecule has 0 unspecified atom stereocenters. The van der Waals surface area contributed by atoms with E-state index >= 15 is 0 Å². The van der Waals surface area contributed by atoms with Crippen molar-refractivity contribution in [3.8, 4) is 0 Å². The van der Waals surface area contributed by atoms with E-state index < -0.39 is 11.7 Å². The Bertz CT molecular complexity index is 394. The molecule has 0 radical (unpaired) electrons. The van der Waals surface area contributed by atoms with Crippen LogP contribution in [0.3, 0.4) is 0 Å². The number of halogens is 3. The summed E-state index contributed by atoms with van der Waals surface area (Å²) in [4.78, 5) is 0. The first-order valence-electron chi connectivity index (χ1n) is 6.04. The molecule has 0 heterocycles. The van der Waals surface area contributed by atoms with Crippen molar-refractivity contribution in [2.45, 2.75) is 33.9 Å². The highest BCUT2D eigenvalue weighted by atomic mass is 19.4. The fourth-order valence-corrected chi connectivity index (χ4v) is 1.41. The quantitative estimate of drug-likeness (QED) is 0.819. The predicted molar refractivity (Wildman–Crippen MR) is 68.6 cm³/mol. The molecule has 102 valence electrons. The molecule has 0 saturated heterocycles. The molecule has 0 amide bonds. The average Bonchev–Trinajstić information content (AvgIpc) is 2.25. The lowest BCUT2D eigenvalue weighted by atomic mass is 9.81. The summed E-state index contributed by atoms with van der Waals surface area (Å²) in [6.07, 6.45) is -4.31. The molecular formula is C14H20F3N. The van der Waals surface area contributed by atoms with Crippen molar-refractivity contribution >= 4 is 5.69 Å². The highest BCUT2D eigenvalue weighted by Gasteiger charge is 2.33. The van der Waals surface area contributed by atoms with Gasteiger partial charge in [0.25, 0.3) is 0 Å². The third-order valence-corrected chi connectivity index (χ3v) is 3.53. The zero-order valence-corrected chi connectivity index (χ0v) is 11.2. The van der Waals surface area contributed by atoms with Crippen LogP contribution >= 0.6 is 0 Å². The molecule has 0 spiro atoms. The Morgan fingerprint density at radius 2 is 1.67 bits per heavy atom. The summed E-state index contributed by atoms with van der Waals surface area (Å²) in [5.74, 6) is 0.392. The maximum absolute atomic E-state index is 12.8. The van der Waals surface area contributed by atoms with Gasteiger partial charge >= 0.3 is 6.18 Å². The first-order valence-corrected chi connectivity index (χ1v) is 6.04. The monoisotopic (exact) mass is 259 g/mol. The lowest BCUT2D eigenvalue weighted by Gasteiger charge is -2.30. The van der Waals surface area contributed by atoms with Gasteiger partial charge in [0.2, 0.25) is 0 Å². The second kappa shape index (κ2) is 5.21. The number of hydrogen-bond acceptors (Lipinski definition) is 1.